The fraction of sp³-hybridized carbons (Fsp3) is 0.393. The predicted octanol–water partition coefficient (Wildman–Crippen LogP) is 5.52. The minimum absolute atomic E-state index is 0.0257. The number of carbonyl (C=O) groups is 1. The molecule has 218 valence electrons. The van der Waals surface area contributed by atoms with Crippen LogP contribution in [0.25, 0.3) is 0 Å². The normalized spacial score (nSPS) is 17.8. The van der Waals surface area contributed by atoms with Crippen molar-refractivity contribution < 1.29 is 27.4 Å². The molecule has 5 rings (SSSR count). The molecule has 2 aliphatic heterocycles. The number of anilines is 2. The van der Waals surface area contributed by atoms with Crippen LogP contribution in [-0.2, 0) is 12.7 Å². The van der Waals surface area contributed by atoms with Crippen LogP contribution >= 0.6 is 11.6 Å². The molecular formula is C28H30ClF3N6O3. The van der Waals surface area contributed by atoms with E-state index in [-0.39, 0.29) is 46.1 Å². The van der Waals surface area contributed by atoms with Crippen LogP contribution in [-0.4, -0.2) is 71.0 Å². The van der Waals surface area contributed by atoms with Crippen molar-refractivity contribution in [1.82, 2.24) is 19.8 Å². The first kappa shape index (κ1) is 28.9. The molecule has 1 atom stereocenters. The minimum atomic E-state index is -4.58. The monoisotopic (exact) mass is 590 g/mol. The highest BCUT2D eigenvalue weighted by atomic mass is 35.5. The highest BCUT2D eigenvalue weighted by Gasteiger charge is 2.34. The summed E-state index contributed by atoms with van der Waals surface area (Å²) in [5.41, 5.74) is -0.448. The van der Waals surface area contributed by atoms with Crippen LogP contribution in [0.3, 0.4) is 0 Å². The van der Waals surface area contributed by atoms with Gasteiger partial charge in [0.25, 0.3) is 11.8 Å². The molecular weight excluding hydrogens is 561 g/mol. The van der Waals surface area contributed by atoms with E-state index in [1.54, 1.807) is 0 Å². The number of aromatic nitrogens is 2. The molecule has 1 saturated heterocycles. The molecule has 0 saturated carbocycles. The summed E-state index contributed by atoms with van der Waals surface area (Å²) in [5.74, 6) is 0.376. The topological polar surface area (TPSA) is 91.9 Å². The number of piperazine rings is 1. The Morgan fingerprint density at radius 3 is 2.63 bits per heavy atom. The van der Waals surface area contributed by atoms with Crippen molar-refractivity contribution >= 4 is 29.0 Å². The molecule has 2 aliphatic rings. The summed E-state index contributed by atoms with van der Waals surface area (Å²) in [5, 5.41) is 5.93. The Labute approximate surface area is 240 Å². The third-order valence-corrected chi connectivity index (χ3v) is 7.32. The van der Waals surface area contributed by atoms with E-state index in [0.29, 0.717) is 31.3 Å². The number of hydrogen-bond acceptors (Lipinski definition) is 8. The lowest BCUT2D eigenvalue weighted by Gasteiger charge is -2.34. The maximum atomic E-state index is 14.0. The van der Waals surface area contributed by atoms with Crippen LogP contribution in [0.4, 0.5) is 24.7 Å². The van der Waals surface area contributed by atoms with Gasteiger partial charge in [0.1, 0.15) is 18.7 Å². The first-order chi connectivity index (χ1) is 19.6. The average Bonchev–Trinajstić information content (AvgIpc) is 2.94. The molecule has 0 aliphatic carbocycles. The van der Waals surface area contributed by atoms with Crippen molar-refractivity contribution in [2.45, 2.75) is 32.6 Å². The fourth-order valence-electron chi connectivity index (χ4n) is 4.74. The number of likely N-dealkylation sites (N-methyl/N-ethyl adjacent to an activating group) is 1. The largest absolute Gasteiger partial charge is 0.483 e. The van der Waals surface area contributed by atoms with Crippen molar-refractivity contribution in [2.24, 2.45) is 0 Å². The Bertz CT molecular complexity index is 1420. The Kier molecular flexibility index (Phi) is 8.52. The van der Waals surface area contributed by atoms with E-state index < -0.39 is 17.6 Å². The molecule has 9 nitrogen and oxygen atoms in total. The van der Waals surface area contributed by atoms with E-state index in [1.165, 1.54) is 36.7 Å². The van der Waals surface area contributed by atoms with Crippen LogP contribution < -0.4 is 20.1 Å². The van der Waals surface area contributed by atoms with E-state index in [0.717, 1.165) is 25.7 Å². The lowest BCUT2D eigenvalue weighted by atomic mass is 10.0. The predicted molar refractivity (Wildman–Crippen MR) is 149 cm³/mol. The number of benzene rings is 2. The van der Waals surface area contributed by atoms with Crippen molar-refractivity contribution in [3.05, 3.63) is 64.4 Å². The van der Waals surface area contributed by atoms with Crippen LogP contribution in [0.5, 0.6) is 17.4 Å². The number of alkyl halides is 3. The van der Waals surface area contributed by atoms with Gasteiger partial charge in [0.05, 0.1) is 16.6 Å². The zero-order chi connectivity index (χ0) is 29.1. The Balaban J connectivity index is 1.32. The van der Waals surface area contributed by atoms with Gasteiger partial charge in [-0.25, -0.2) is 4.98 Å². The molecule has 2 aromatic carbocycles. The van der Waals surface area contributed by atoms with E-state index in [9.17, 15) is 18.0 Å². The van der Waals surface area contributed by atoms with E-state index >= 15 is 0 Å². The number of fused-ring (bicyclic) bond motifs is 1. The number of carbonyl (C=O) groups excluding carboxylic acids is 1. The number of rotatable bonds is 7. The van der Waals surface area contributed by atoms with E-state index in [1.807, 2.05) is 11.8 Å². The summed E-state index contributed by atoms with van der Waals surface area (Å²) in [6.45, 7) is 8.53. The third-order valence-electron chi connectivity index (χ3n) is 7.01. The number of amides is 1. The number of hydrogen-bond donors (Lipinski definition) is 2. The van der Waals surface area contributed by atoms with Crippen LogP contribution in [0, 0.1) is 0 Å². The Morgan fingerprint density at radius 1 is 1.15 bits per heavy atom. The molecule has 1 amide bonds. The quantitative estimate of drug-likeness (QED) is 0.372. The maximum Gasteiger partial charge on any atom is 0.416 e. The molecule has 0 spiro atoms. The summed E-state index contributed by atoms with van der Waals surface area (Å²) in [7, 11) is 0. The number of ether oxygens (including phenoxy) is 2. The van der Waals surface area contributed by atoms with Gasteiger partial charge in [-0.3, -0.25) is 9.69 Å². The second-order valence-corrected chi connectivity index (χ2v) is 10.4. The molecule has 1 aromatic heterocycles. The van der Waals surface area contributed by atoms with Crippen LogP contribution in [0.1, 0.15) is 35.3 Å². The first-order valence-corrected chi connectivity index (χ1v) is 13.7. The molecule has 3 aromatic rings. The highest BCUT2D eigenvalue weighted by Crippen LogP contribution is 2.39. The van der Waals surface area contributed by atoms with Gasteiger partial charge in [-0.15, -0.1) is 0 Å². The maximum absolute atomic E-state index is 14.0. The van der Waals surface area contributed by atoms with E-state index in [2.05, 4.69) is 32.4 Å². The number of halogens is 4. The smallest absolute Gasteiger partial charge is 0.416 e. The lowest BCUT2D eigenvalue weighted by Crippen LogP contribution is -2.45. The SMILES string of the molecule is CCN1CCN(Cc2ccc(NC(=O)c3ccc(Cl)c(Oc4ncnc5c4OC[C@H](C)N5)c3)cc2C(F)(F)F)CC1. The van der Waals surface area contributed by atoms with Crippen LogP contribution in [0.2, 0.25) is 5.02 Å². The van der Waals surface area contributed by atoms with Gasteiger partial charge in [0, 0.05) is 44.0 Å². The van der Waals surface area contributed by atoms with Crippen molar-refractivity contribution in [3.63, 3.8) is 0 Å². The summed E-state index contributed by atoms with van der Waals surface area (Å²) in [6.07, 6.45) is -3.27. The number of nitrogens with one attached hydrogen (secondary N) is 2. The second-order valence-electron chi connectivity index (χ2n) is 9.99. The van der Waals surface area contributed by atoms with Crippen molar-refractivity contribution in [3.8, 4) is 17.4 Å². The number of nitrogens with zero attached hydrogens (tertiary/aromatic N) is 4. The summed E-state index contributed by atoms with van der Waals surface area (Å²) < 4.78 is 53.6. The molecule has 0 bridgehead atoms. The Hall–Kier alpha value is -3.61. The molecule has 1 fully saturated rings. The van der Waals surface area contributed by atoms with Gasteiger partial charge in [-0.2, -0.15) is 18.2 Å². The van der Waals surface area contributed by atoms with Gasteiger partial charge < -0.3 is 25.0 Å². The molecule has 0 unspecified atom stereocenters. The molecule has 3 heterocycles. The van der Waals surface area contributed by atoms with Gasteiger partial charge in [-0.1, -0.05) is 24.6 Å². The minimum Gasteiger partial charge on any atom is -0.483 e. The van der Waals surface area contributed by atoms with Crippen LogP contribution in [0.15, 0.2) is 42.7 Å². The van der Waals surface area contributed by atoms with Crippen molar-refractivity contribution in [2.75, 3.05) is 50.0 Å². The lowest BCUT2D eigenvalue weighted by molar-refractivity contribution is -0.138. The summed E-state index contributed by atoms with van der Waals surface area (Å²) >= 11 is 6.31. The second kappa shape index (κ2) is 12.1. The van der Waals surface area contributed by atoms with Gasteiger partial charge in [0.2, 0.25) is 5.75 Å². The van der Waals surface area contributed by atoms with E-state index in [4.69, 9.17) is 21.1 Å². The fourth-order valence-corrected chi connectivity index (χ4v) is 4.89. The van der Waals surface area contributed by atoms with Gasteiger partial charge in [-0.05, 0) is 49.4 Å². The van der Waals surface area contributed by atoms with Crippen molar-refractivity contribution in [1.29, 1.82) is 0 Å². The zero-order valence-corrected chi connectivity index (χ0v) is 23.3. The third kappa shape index (κ3) is 6.83. The summed E-state index contributed by atoms with van der Waals surface area (Å²) in [4.78, 5) is 25.6. The molecule has 0 radical (unpaired) electrons. The highest BCUT2D eigenvalue weighted by molar-refractivity contribution is 6.32. The summed E-state index contributed by atoms with van der Waals surface area (Å²) in [6, 6.07) is 8.23. The van der Waals surface area contributed by atoms with Gasteiger partial charge in [0.15, 0.2) is 5.82 Å². The average molecular weight is 591 g/mol. The molecule has 41 heavy (non-hydrogen) atoms. The zero-order valence-electron chi connectivity index (χ0n) is 22.6. The standard InChI is InChI=1S/C28H30ClF3N6O3/c1-3-37-8-10-38(11-9-37)14-19-4-6-20(13-21(19)28(30,31)32)36-26(39)18-5-7-22(29)23(12-18)41-27-24-25(33-16-34-27)35-17(2)15-40-24/h4-7,12-13,16-17H,3,8-11,14-15H2,1-2H3,(H,36,39)(H,33,34,35)/t17-/m0/s1. The molecule has 2 N–H and O–H groups in total. The molecule has 13 heteroatoms. The Morgan fingerprint density at radius 2 is 1.90 bits per heavy atom. The van der Waals surface area contributed by atoms with Gasteiger partial charge >= 0.3 is 6.18 Å². The first-order valence-electron chi connectivity index (χ1n) is 13.3.